The second-order valence-electron chi connectivity index (χ2n) is 1.65. The first-order chi connectivity index (χ1) is 4.85. The standard InChI is InChI=1S/C6H16O3Si.H3N.Ru/c1-4-7-10(8-5-2)9-6-3;;/h10H,4-6H2,1-3H3;1H3;. The summed E-state index contributed by atoms with van der Waals surface area (Å²) < 4.78 is 15.7. The number of hydrogen-bond acceptors (Lipinski definition) is 4. The Morgan fingerprint density at radius 3 is 1.25 bits per heavy atom. The normalized spacial score (nSPS) is 9.00. The summed E-state index contributed by atoms with van der Waals surface area (Å²) in [6, 6.07) is 0. The van der Waals surface area contributed by atoms with Gasteiger partial charge in [0, 0.05) is 39.3 Å². The van der Waals surface area contributed by atoms with Gasteiger partial charge in [0.15, 0.2) is 0 Å². The second kappa shape index (κ2) is 14.2. The van der Waals surface area contributed by atoms with Gasteiger partial charge < -0.3 is 19.4 Å². The molecule has 0 aliphatic carbocycles. The van der Waals surface area contributed by atoms with E-state index >= 15 is 0 Å². The molecule has 0 rings (SSSR count). The van der Waals surface area contributed by atoms with Crippen LogP contribution < -0.4 is 6.15 Å². The van der Waals surface area contributed by atoms with E-state index in [4.69, 9.17) is 13.3 Å². The van der Waals surface area contributed by atoms with Crippen molar-refractivity contribution < 1.29 is 32.8 Å². The van der Waals surface area contributed by atoms with E-state index in [2.05, 4.69) is 0 Å². The first-order valence-electron chi connectivity index (χ1n) is 3.69. The summed E-state index contributed by atoms with van der Waals surface area (Å²) in [6.07, 6.45) is 0. The summed E-state index contributed by atoms with van der Waals surface area (Å²) in [6.45, 7) is 7.86. The summed E-state index contributed by atoms with van der Waals surface area (Å²) in [4.78, 5) is 0. The summed E-state index contributed by atoms with van der Waals surface area (Å²) in [5.74, 6) is 0. The fourth-order valence-corrected chi connectivity index (χ4v) is 1.66. The van der Waals surface area contributed by atoms with Crippen LogP contribution in [0.4, 0.5) is 0 Å². The largest absolute Gasteiger partial charge is 0.484 e. The van der Waals surface area contributed by atoms with Gasteiger partial charge in [0.25, 0.3) is 0 Å². The summed E-state index contributed by atoms with van der Waals surface area (Å²) in [5, 5.41) is 0. The average molecular weight is 282 g/mol. The van der Waals surface area contributed by atoms with Gasteiger partial charge in [0.05, 0.1) is 0 Å². The molecule has 0 aromatic rings. The Balaban J connectivity index is -0.000000405. The summed E-state index contributed by atoms with van der Waals surface area (Å²) in [5.41, 5.74) is 0. The van der Waals surface area contributed by atoms with Crippen LogP contribution in [0.5, 0.6) is 0 Å². The third kappa shape index (κ3) is 10.7. The van der Waals surface area contributed by atoms with E-state index in [1.165, 1.54) is 0 Å². The fraction of sp³-hybridized carbons (Fsp3) is 1.00. The zero-order chi connectivity index (χ0) is 7.82. The third-order valence-corrected chi connectivity index (χ3v) is 2.72. The van der Waals surface area contributed by atoms with Crippen molar-refractivity contribution in [3.05, 3.63) is 0 Å². The van der Waals surface area contributed by atoms with Crippen molar-refractivity contribution in [2.24, 2.45) is 0 Å². The molecule has 0 aromatic heterocycles. The molecular weight excluding hydrogens is 263 g/mol. The Hall–Kier alpha value is 0.680. The Labute approximate surface area is 89.3 Å². The molecule has 0 aromatic carbocycles. The van der Waals surface area contributed by atoms with Gasteiger partial charge >= 0.3 is 9.53 Å². The maximum Gasteiger partial charge on any atom is 0.484 e. The van der Waals surface area contributed by atoms with Gasteiger partial charge in [-0.3, -0.25) is 0 Å². The van der Waals surface area contributed by atoms with Gasteiger partial charge in [-0.15, -0.1) is 0 Å². The van der Waals surface area contributed by atoms with E-state index in [1.54, 1.807) is 0 Å². The molecule has 0 saturated carbocycles. The van der Waals surface area contributed by atoms with Crippen LogP contribution in [0.3, 0.4) is 0 Å². The average Bonchev–Trinajstić information content (AvgIpc) is 1.90. The second-order valence-corrected chi connectivity index (χ2v) is 3.23. The van der Waals surface area contributed by atoms with Crippen LogP contribution in [-0.2, 0) is 32.8 Å². The Kier molecular flexibility index (Phi) is 21.9. The molecule has 4 nitrogen and oxygen atoms in total. The van der Waals surface area contributed by atoms with E-state index in [0.717, 1.165) is 0 Å². The van der Waals surface area contributed by atoms with Crippen molar-refractivity contribution in [3.63, 3.8) is 0 Å². The van der Waals surface area contributed by atoms with Crippen LogP contribution in [0, 0.1) is 0 Å². The molecule has 12 heavy (non-hydrogen) atoms. The molecule has 0 bridgehead atoms. The van der Waals surface area contributed by atoms with E-state index in [0.29, 0.717) is 19.8 Å². The molecule has 0 saturated heterocycles. The van der Waals surface area contributed by atoms with Crippen LogP contribution in [0.2, 0.25) is 0 Å². The third-order valence-electron chi connectivity index (χ3n) is 0.908. The van der Waals surface area contributed by atoms with Crippen LogP contribution in [0.1, 0.15) is 20.8 Å². The van der Waals surface area contributed by atoms with Gasteiger partial charge in [0.2, 0.25) is 0 Å². The molecular formula is C6H19NO3RuSi. The van der Waals surface area contributed by atoms with Gasteiger partial charge in [-0.25, -0.2) is 0 Å². The molecule has 0 aliphatic rings. The quantitative estimate of drug-likeness (QED) is 0.738. The molecule has 0 atom stereocenters. The minimum absolute atomic E-state index is 0. The summed E-state index contributed by atoms with van der Waals surface area (Å²) >= 11 is 0. The van der Waals surface area contributed by atoms with Crippen molar-refractivity contribution in [3.8, 4) is 0 Å². The predicted octanol–water partition coefficient (Wildman–Crippen LogP) is 0.973. The number of hydrogen-bond donors (Lipinski definition) is 1. The van der Waals surface area contributed by atoms with Gasteiger partial charge in [-0.1, -0.05) is 0 Å². The molecule has 0 amide bonds. The zero-order valence-corrected chi connectivity index (χ0v) is 10.9. The smallest absolute Gasteiger partial charge is 0.376 e. The van der Waals surface area contributed by atoms with Crippen molar-refractivity contribution in [2.45, 2.75) is 20.8 Å². The van der Waals surface area contributed by atoms with Crippen LogP contribution in [0.25, 0.3) is 0 Å². The molecule has 0 fully saturated rings. The maximum atomic E-state index is 5.22. The molecule has 3 N–H and O–H groups in total. The van der Waals surface area contributed by atoms with Crippen molar-refractivity contribution in [1.29, 1.82) is 0 Å². The molecule has 0 radical (unpaired) electrons. The van der Waals surface area contributed by atoms with Crippen molar-refractivity contribution in [2.75, 3.05) is 19.8 Å². The SMILES string of the molecule is CCO[SiH](OCC)OCC.N.[Ru]. The Morgan fingerprint density at radius 2 is 1.08 bits per heavy atom. The Bertz CT molecular complexity index is 65.5. The van der Waals surface area contributed by atoms with E-state index in [-0.39, 0.29) is 25.6 Å². The van der Waals surface area contributed by atoms with Crippen LogP contribution >= 0.6 is 0 Å². The maximum absolute atomic E-state index is 5.22. The summed E-state index contributed by atoms with van der Waals surface area (Å²) in [7, 11) is -1.73. The Morgan fingerprint density at radius 1 is 0.833 bits per heavy atom. The van der Waals surface area contributed by atoms with Gasteiger partial charge in [-0.05, 0) is 20.8 Å². The van der Waals surface area contributed by atoms with E-state index < -0.39 is 9.53 Å². The molecule has 0 unspecified atom stereocenters. The first-order valence-corrected chi connectivity index (χ1v) is 5.11. The molecule has 78 valence electrons. The van der Waals surface area contributed by atoms with Crippen molar-refractivity contribution >= 4 is 9.53 Å². The van der Waals surface area contributed by atoms with Crippen LogP contribution in [-0.4, -0.2) is 29.3 Å². The predicted molar refractivity (Wildman–Crippen MR) is 47.0 cm³/mol. The molecule has 0 aliphatic heterocycles. The zero-order valence-electron chi connectivity index (χ0n) is 7.98. The minimum Gasteiger partial charge on any atom is -0.376 e. The van der Waals surface area contributed by atoms with E-state index in [9.17, 15) is 0 Å². The number of rotatable bonds is 6. The molecule has 0 heterocycles. The fourth-order valence-electron chi connectivity index (χ4n) is 0.553. The van der Waals surface area contributed by atoms with E-state index in [1.807, 2.05) is 20.8 Å². The van der Waals surface area contributed by atoms with Gasteiger partial charge in [-0.2, -0.15) is 0 Å². The molecule has 0 spiro atoms. The first kappa shape index (κ1) is 18.5. The monoisotopic (exact) mass is 283 g/mol. The minimum atomic E-state index is -1.73. The molecule has 6 heteroatoms. The topological polar surface area (TPSA) is 62.7 Å². The van der Waals surface area contributed by atoms with Crippen molar-refractivity contribution in [1.82, 2.24) is 6.15 Å². The van der Waals surface area contributed by atoms with Crippen LogP contribution in [0.15, 0.2) is 0 Å². The van der Waals surface area contributed by atoms with Gasteiger partial charge in [0.1, 0.15) is 0 Å².